The van der Waals surface area contributed by atoms with E-state index in [0.717, 1.165) is 37.9 Å². The molecular formula is C16H23NO3S. The van der Waals surface area contributed by atoms with E-state index in [1.165, 1.54) is 17.4 Å². The molecule has 0 spiro atoms. The van der Waals surface area contributed by atoms with Gasteiger partial charge in [0.15, 0.2) is 0 Å². The fourth-order valence-corrected chi connectivity index (χ4v) is 4.65. The van der Waals surface area contributed by atoms with E-state index in [2.05, 4.69) is 12.1 Å². The highest BCUT2D eigenvalue weighted by molar-refractivity contribution is 7.91. The molecule has 21 heavy (non-hydrogen) atoms. The van der Waals surface area contributed by atoms with Crippen molar-refractivity contribution in [2.24, 2.45) is 5.73 Å². The zero-order valence-electron chi connectivity index (χ0n) is 12.4. The predicted octanol–water partition coefficient (Wildman–Crippen LogP) is 2.37. The van der Waals surface area contributed by atoms with Gasteiger partial charge in [0.2, 0.25) is 0 Å². The van der Waals surface area contributed by atoms with Crippen molar-refractivity contribution in [2.75, 3.05) is 6.26 Å². The summed E-state index contributed by atoms with van der Waals surface area (Å²) in [7, 11) is -2.96. The largest absolute Gasteiger partial charge is 0.490 e. The minimum absolute atomic E-state index is 0.00611. The summed E-state index contributed by atoms with van der Waals surface area (Å²) in [6.07, 6.45) is 6.56. The summed E-state index contributed by atoms with van der Waals surface area (Å²) in [5, 5.41) is -0.251. The molecule has 5 heteroatoms. The Balaban J connectivity index is 1.69. The van der Waals surface area contributed by atoms with Crippen LogP contribution in [-0.2, 0) is 16.3 Å². The Bertz CT molecular complexity index is 626. The molecule has 1 aromatic rings. The van der Waals surface area contributed by atoms with Crippen molar-refractivity contribution in [1.82, 2.24) is 0 Å². The molecule has 3 atom stereocenters. The maximum Gasteiger partial charge on any atom is 0.150 e. The lowest BCUT2D eigenvalue weighted by molar-refractivity contribution is 0.156. The van der Waals surface area contributed by atoms with Gasteiger partial charge in [0, 0.05) is 18.7 Å². The van der Waals surface area contributed by atoms with Crippen molar-refractivity contribution >= 4 is 9.84 Å². The summed E-state index contributed by atoms with van der Waals surface area (Å²) >= 11 is 0. The molecule has 116 valence electrons. The Hall–Kier alpha value is -1.07. The van der Waals surface area contributed by atoms with Gasteiger partial charge in [0.1, 0.15) is 15.6 Å². The van der Waals surface area contributed by atoms with Crippen LogP contribution in [0.4, 0.5) is 0 Å². The molecule has 0 aliphatic heterocycles. The molecule has 0 saturated heterocycles. The Morgan fingerprint density at radius 1 is 1.24 bits per heavy atom. The SMILES string of the molecule is CS(=O)(=O)C1CCCC(Oc2ccc3c(c2)CCC3N)C1. The minimum atomic E-state index is -2.96. The van der Waals surface area contributed by atoms with Crippen molar-refractivity contribution in [3.05, 3.63) is 29.3 Å². The van der Waals surface area contributed by atoms with Gasteiger partial charge in [-0.3, -0.25) is 0 Å². The molecule has 1 saturated carbocycles. The number of benzene rings is 1. The fraction of sp³-hybridized carbons (Fsp3) is 0.625. The van der Waals surface area contributed by atoms with Crippen molar-refractivity contribution in [1.29, 1.82) is 0 Å². The van der Waals surface area contributed by atoms with Crippen LogP contribution in [0.2, 0.25) is 0 Å². The van der Waals surface area contributed by atoms with E-state index in [1.807, 2.05) is 6.07 Å². The fourth-order valence-electron chi connectivity index (χ4n) is 3.49. The quantitative estimate of drug-likeness (QED) is 0.930. The summed E-state index contributed by atoms with van der Waals surface area (Å²) < 4.78 is 29.4. The summed E-state index contributed by atoms with van der Waals surface area (Å²) in [6.45, 7) is 0. The Morgan fingerprint density at radius 3 is 2.81 bits per heavy atom. The first-order valence-corrected chi connectivity index (χ1v) is 9.63. The Kier molecular flexibility index (Phi) is 3.97. The Labute approximate surface area is 126 Å². The first-order valence-electron chi connectivity index (χ1n) is 7.67. The first kappa shape index (κ1) is 14.9. The van der Waals surface area contributed by atoms with Gasteiger partial charge in [0.25, 0.3) is 0 Å². The third kappa shape index (κ3) is 3.24. The number of hydrogen-bond donors (Lipinski definition) is 1. The maximum absolute atomic E-state index is 11.7. The molecule has 0 radical (unpaired) electrons. The highest BCUT2D eigenvalue weighted by Gasteiger charge is 2.30. The molecule has 4 nitrogen and oxygen atoms in total. The lowest BCUT2D eigenvalue weighted by Gasteiger charge is -2.28. The third-order valence-electron chi connectivity index (χ3n) is 4.72. The topological polar surface area (TPSA) is 69.4 Å². The van der Waals surface area contributed by atoms with Gasteiger partial charge in [0.05, 0.1) is 11.4 Å². The average Bonchev–Trinajstić information content (AvgIpc) is 2.79. The summed E-state index contributed by atoms with van der Waals surface area (Å²) in [6, 6.07) is 6.25. The van der Waals surface area contributed by atoms with Crippen molar-refractivity contribution in [3.63, 3.8) is 0 Å². The van der Waals surface area contributed by atoms with Crippen LogP contribution in [0.15, 0.2) is 18.2 Å². The second-order valence-corrected chi connectivity index (χ2v) is 8.69. The molecule has 3 rings (SSSR count). The zero-order valence-corrected chi connectivity index (χ0v) is 13.2. The van der Waals surface area contributed by atoms with E-state index >= 15 is 0 Å². The van der Waals surface area contributed by atoms with Crippen LogP contribution >= 0.6 is 0 Å². The van der Waals surface area contributed by atoms with Crippen LogP contribution < -0.4 is 10.5 Å². The van der Waals surface area contributed by atoms with E-state index in [9.17, 15) is 8.42 Å². The molecule has 1 fully saturated rings. The van der Waals surface area contributed by atoms with Gasteiger partial charge in [-0.2, -0.15) is 0 Å². The smallest absolute Gasteiger partial charge is 0.150 e. The van der Waals surface area contributed by atoms with E-state index < -0.39 is 9.84 Å². The van der Waals surface area contributed by atoms with Gasteiger partial charge >= 0.3 is 0 Å². The lowest BCUT2D eigenvalue weighted by Crippen LogP contribution is -2.33. The molecular weight excluding hydrogens is 286 g/mol. The van der Waals surface area contributed by atoms with E-state index in [-0.39, 0.29) is 17.4 Å². The summed E-state index contributed by atoms with van der Waals surface area (Å²) in [5.41, 5.74) is 8.54. The zero-order chi connectivity index (χ0) is 15.0. The van der Waals surface area contributed by atoms with Crippen molar-refractivity contribution in [2.45, 2.75) is 55.9 Å². The molecule has 3 unspecified atom stereocenters. The molecule has 2 aliphatic carbocycles. The number of nitrogens with two attached hydrogens (primary N) is 1. The molecule has 0 heterocycles. The second-order valence-electron chi connectivity index (χ2n) is 6.36. The standard InChI is InChI=1S/C16H23NO3S/c1-21(18,19)14-4-2-3-12(10-14)20-13-6-7-15-11(9-13)5-8-16(15)17/h6-7,9,12,14,16H,2-5,8,10,17H2,1H3. The second kappa shape index (κ2) is 5.61. The normalized spacial score (nSPS) is 29.1. The molecule has 0 aromatic heterocycles. The van der Waals surface area contributed by atoms with Gasteiger partial charge in [-0.1, -0.05) is 6.07 Å². The number of fused-ring (bicyclic) bond motifs is 1. The number of rotatable bonds is 3. The highest BCUT2D eigenvalue weighted by atomic mass is 32.2. The number of ether oxygens (including phenoxy) is 1. The van der Waals surface area contributed by atoms with Crippen LogP contribution in [0.3, 0.4) is 0 Å². The van der Waals surface area contributed by atoms with Gasteiger partial charge in [-0.25, -0.2) is 8.42 Å². The predicted molar refractivity (Wildman–Crippen MR) is 83.2 cm³/mol. The molecule has 0 bridgehead atoms. The van der Waals surface area contributed by atoms with Crippen LogP contribution in [0.5, 0.6) is 5.75 Å². The number of sulfone groups is 1. The number of hydrogen-bond acceptors (Lipinski definition) is 4. The van der Waals surface area contributed by atoms with E-state index in [1.54, 1.807) is 0 Å². The summed E-state index contributed by atoms with van der Waals surface area (Å²) in [5.74, 6) is 0.849. The van der Waals surface area contributed by atoms with E-state index in [0.29, 0.717) is 6.42 Å². The third-order valence-corrected chi connectivity index (χ3v) is 6.36. The molecule has 0 amide bonds. The van der Waals surface area contributed by atoms with Gasteiger partial charge in [-0.05, 0) is 55.4 Å². The van der Waals surface area contributed by atoms with Crippen LogP contribution in [-0.4, -0.2) is 26.0 Å². The van der Waals surface area contributed by atoms with Crippen LogP contribution in [0, 0.1) is 0 Å². The molecule has 2 aliphatic rings. The number of aryl methyl sites for hydroxylation is 1. The van der Waals surface area contributed by atoms with Crippen molar-refractivity contribution in [3.8, 4) is 5.75 Å². The maximum atomic E-state index is 11.7. The summed E-state index contributed by atoms with van der Waals surface area (Å²) in [4.78, 5) is 0. The van der Waals surface area contributed by atoms with Gasteiger partial charge in [-0.15, -0.1) is 0 Å². The van der Waals surface area contributed by atoms with Crippen LogP contribution in [0.25, 0.3) is 0 Å². The highest BCUT2D eigenvalue weighted by Crippen LogP contribution is 2.33. The van der Waals surface area contributed by atoms with Crippen molar-refractivity contribution < 1.29 is 13.2 Å². The molecule has 2 N–H and O–H groups in total. The minimum Gasteiger partial charge on any atom is -0.490 e. The van der Waals surface area contributed by atoms with E-state index in [4.69, 9.17) is 10.5 Å². The first-order chi connectivity index (χ1) is 9.93. The average molecular weight is 309 g/mol. The van der Waals surface area contributed by atoms with Crippen LogP contribution in [0.1, 0.15) is 49.3 Å². The Morgan fingerprint density at radius 2 is 2.05 bits per heavy atom. The van der Waals surface area contributed by atoms with Gasteiger partial charge < -0.3 is 10.5 Å². The lowest BCUT2D eigenvalue weighted by atomic mass is 9.97. The monoisotopic (exact) mass is 309 g/mol. The molecule has 1 aromatic carbocycles.